The molecule has 42 heavy (non-hydrogen) atoms. The first kappa shape index (κ1) is 30.8. The average Bonchev–Trinajstić information content (AvgIpc) is 3.63. The summed E-state index contributed by atoms with van der Waals surface area (Å²) in [6.45, 7) is 2.06. The first-order valence-corrected chi connectivity index (χ1v) is 16.0. The van der Waals surface area contributed by atoms with Crippen LogP contribution < -0.4 is 10.1 Å². The third-order valence-electron chi connectivity index (χ3n) is 6.52. The number of aryl methyl sites for hydroxylation is 3. The third kappa shape index (κ3) is 8.70. The molecule has 1 amide bonds. The molecule has 0 aliphatic rings. The first-order chi connectivity index (χ1) is 20.0. The molecule has 0 fully saturated rings. The van der Waals surface area contributed by atoms with Gasteiger partial charge >= 0.3 is 5.97 Å². The molecular formula is C29H31FN4O6S2. The van der Waals surface area contributed by atoms with Gasteiger partial charge in [0.15, 0.2) is 0 Å². The molecule has 10 nitrogen and oxygen atoms in total. The molecule has 4 aromatic rings. The molecule has 2 aromatic heterocycles. The summed E-state index contributed by atoms with van der Waals surface area (Å²) in [7, 11) is -3.44. The number of carbonyl (C=O) groups is 2. The quantitative estimate of drug-likeness (QED) is 0.193. The molecule has 2 atom stereocenters. The second-order valence-electron chi connectivity index (χ2n) is 9.91. The average molecular weight is 615 g/mol. The number of ether oxygens (including phenoxy) is 1. The first-order valence-electron chi connectivity index (χ1n) is 13.1. The summed E-state index contributed by atoms with van der Waals surface area (Å²) >= 11 is 1.46. The summed E-state index contributed by atoms with van der Waals surface area (Å²) in [5.41, 5.74) is 2.56. The molecule has 0 spiro atoms. The van der Waals surface area contributed by atoms with Crippen molar-refractivity contribution in [2.75, 3.05) is 18.6 Å². The van der Waals surface area contributed by atoms with E-state index in [4.69, 9.17) is 4.74 Å². The normalized spacial score (nSPS) is 12.9. The Labute approximate surface area is 246 Å². The number of carboxylic acid groups (broad SMARTS) is 1. The number of nitrogens with one attached hydrogen (secondary N) is 2. The van der Waals surface area contributed by atoms with Gasteiger partial charge in [-0.15, -0.1) is 11.3 Å². The monoisotopic (exact) mass is 614 g/mol. The van der Waals surface area contributed by atoms with Crippen LogP contribution in [0.2, 0.25) is 0 Å². The summed E-state index contributed by atoms with van der Waals surface area (Å²) < 4.78 is 42.7. The van der Waals surface area contributed by atoms with Gasteiger partial charge in [0.05, 0.1) is 5.75 Å². The lowest BCUT2D eigenvalue weighted by atomic mass is 9.98. The number of imidazole rings is 1. The zero-order valence-electron chi connectivity index (χ0n) is 23.0. The number of nitrogens with zero attached hydrogens (tertiary/aromatic N) is 2. The summed E-state index contributed by atoms with van der Waals surface area (Å²) in [6, 6.07) is 9.63. The molecule has 0 aliphatic heterocycles. The Balaban J connectivity index is 1.58. The van der Waals surface area contributed by atoms with E-state index in [0.717, 1.165) is 22.5 Å². The van der Waals surface area contributed by atoms with Crippen molar-refractivity contribution in [1.29, 1.82) is 0 Å². The number of hydrogen-bond donors (Lipinski definition) is 3. The highest BCUT2D eigenvalue weighted by molar-refractivity contribution is 7.90. The van der Waals surface area contributed by atoms with Crippen molar-refractivity contribution >= 4 is 33.1 Å². The van der Waals surface area contributed by atoms with Gasteiger partial charge in [-0.1, -0.05) is 18.2 Å². The van der Waals surface area contributed by atoms with Gasteiger partial charge in [0, 0.05) is 35.3 Å². The largest absolute Gasteiger partial charge is 0.492 e. The minimum Gasteiger partial charge on any atom is -0.492 e. The van der Waals surface area contributed by atoms with E-state index in [9.17, 15) is 27.5 Å². The maximum Gasteiger partial charge on any atom is 0.326 e. The van der Waals surface area contributed by atoms with Gasteiger partial charge in [0.2, 0.25) is 0 Å². The van der Waals surface area contributed by atoms with Crippen LogP contribution in [0.1, 0.15) is 50.3 Å². The van der Waals surface area contributed by atoms with Gasteiger partial charge in [-0.3, -0.25) is 4.79 Å². The van der Waals surface area contributed by atoms with Crippen LogP contribution in [0, 0.1) is 12.7 Å². The molecule has 0 aliphatic carbocycles. The zero-order chi connectivity index (χ0) is 30.3. The highest BCUT2D eigenvalue weighted by Gasteiger charge is 2.25. The van der Waals surface area contributed by atoms with Crippen molar-refractivity contribution in [3.8, 4) is 5.75 Å². The third-order valence-corrected chi connectivity index (χ3v) is 8.39. The SMILES string of the molecule is Cc1cnc(C(COc2ccc(CCc3ccc(F)cc3)c(C(=O)N[C@@H](CCS(C)(=O)=O)C(=O)O)c2)c2nccs2)[nH]1. The highest BCUT2D eigenvalue weighted by atomic mass is 32.2. The van der Waals surface area contributed by atoms with E-state index in [0.29, 0.717) is 30.0 Å². The fraction of sp³-hybridized carbons (Fsp3) is 0.310. The van der Waals surface area contributed by atoms with Gasteiger partial charge in [-0.05, 0) is 61.6 Å². The standard InChI is InChI=1S/C29H31FN4O6S2/c1-18-16-32-26(33-18)24(28-31-12-13-41-28)17-40-22-10-7-20(6-3-19-4-8-21(30)9-5-19)23(15-22)27(35)34-25(29(36)37)11-14-42(2,38)39/h4-5,7-10,12-13,15-16,24-25H,3,6,11,14,17H2,1-2H3,(H,32,33)(H,34,35)(H,36,37)/t24?,25-/m0/s1. The van der Waals surface area contributed by atoms with E-state index in [1.165, 1.54) is 29.5 Å². The minimum absolute atomic E-state index is 0.169. The lowest BCUT2D eigenvalue weighted by Crippen LogP contribution is -2.42. The van der Waals surface area contributed by atoms with Gasteiger partial charge < -0.3 is 20.1 Å². The Bertz CT molecular complexity index is 1620. The van der Waals surface area contributed by atoms with Crippen molar-refractivity contribution in [2.45, 2.75) is 38.1 Å². The molecule has 3 N–H and O–H groups in total. The Kier molecular flexibility index (Phi) is 10.1. The number of sulfone groups is 1. The molecule has 0 radical (unpaired) electrons. The Morgan fingerprint density at radius 2 is 1.90 bits per heavy atom. The molecule has 0 saturated heterocycles. The maximum atomic E-state index is 13.4. The van der Waals surface area contributed by atoms with Crippen LogP contribution in [0.3, 0.4) is 0 Å². The molecule has 4 rings (SSSR count). The molecule has 0 saturated carbocycles. The van der Waals surface area contributed by atoms with Crippen LogP contribution in [0.4, 0.5) is 4.39 Å². The number of amides is 1. The van der Waals surface area contributed by atoms with Gasteiger partial charge in [0.1, 0.15) is 50.8 Å². The van der Waals surface area contributed by atoms with Crippen LogP contribution in [0.25, 0.3) is 0 Å². The fourth-order valence-electron chi connectivity index (χ4n) is 4.29. The lowest BCUT2D eigenvalue weighted by molar-refractivity contribution is -0.139. The second kappa shape index (κ2) is 13.7. The Morgan fingerprint density at radius 3 is 2.52 bits per heavy atom. The predicted octanol–water partition coefficient (Wildman–Crippen LogP) is 3.93. The molecule has 2 heterocycles. The summed E-state index contributed by atoms with van der Waals surface area (Å²) in [6.07, 6.45) is 5.05. The van der Waals surface area contributed by atoms with E-state index in [-0.39, 0.29) is 30.3 Å². The maximum absolute atomic E-state index is 13.4. The van der Waals surface area contributed by atoms with Crippen LogP contribution >= 0.6 is 11.3 Å². The Morgan fingerprint density at radius 1 is 1.14 bits per heavy atom. The number of carbonyl (C=O) groups excluding carboxylic acids is 1. The van der Waals surface area contributed by atoms with Gasteiger partial charge in [-0.25, -0.2) is 27.6 Å². The van der Waals surface area contributed by atoms with Gasteiger partial charge in [0.25, 0.3) is 5.91 Å². The number of rotatable bonds is 14. The van der Waals surface area contributed by atoms with E-state index >= 15 is 0 Å². The molecule has 1 unspecified atom stereocenters. The van der Waals surface area contributed by atoms with Crippen molar-refractivity contribution < 1.29 is 32.2 Å². The molecule has 222 valence electrons. The fourth-order valence-corrected chi connectivity index (χ4v) is 5.68. The molecular weight excluding hydrogens is 583 g/mol. The van der Waals surface area contributed by atoms with E-state index in [2.05, 4.69) is 20.3 Å². The van der Waals surface area contributed by atoms with Crippen molar-refractivity contribution in [1.82, 2.24) is 20.3 Å². The highest BCUT2D eigenvalue weighted by Crippen LogP contribution is 2.27. The number of halogens is 1. The second-order valence-corrected chi connectivity index (χ2v) is 13.1. The number of aliphatic carboxylic acids is 1. The Hall–Kier alpha value is -4.10. The van der Waals surface area contributed by atoms with Crippen molar-refractivity contribution in [2.24, 2.45) is 0 Å². The number of aromatic amines is 1. The smallest absolute Gasteiger partial charge is 0.326 e. The van der Waals surface area contributed by atoms with Crippen LogP contribution in [-0.2, 0) is 27.5 Å². The summed E-state index contributed by atoms with van der Waals surface area (Å²) in [4.78, 5) is 37.3. The number of carboxylic acids is 1. The number of thiazole rings is 1. The minimum atomic E-state index is -3.44. The molecule has 2 aromatic carbocycles. The van der Waals surface area contributed by atoms with Crippen molar-refractivity contribution in [3.05, 3.63) is 99.3 Å². The van der Waals surface area contributed by atoms with E-state index in [1.54, 1.807) is 36.7 Å². The van der Waals surface area contributed by atoms with Crippen LogP contribution in [0.5, 0.6) is 5.75 Å². The number of aromatic nitrogens is 3. The summed E-state index contributed by atoms with van der Waals surface area (Å²) in [5.74, 6) is -1.99. The lowest BCUT2D eigenvalue weighted by Gasteiger charge is -2.18. The van der Waals surface area contributed by atoms with Crippen LogP contribution in [-0.4, -0.2) is 65.0 Å². The number of benzene rings is 2. The zero-order valence-corrected chi connectivity index (χ0v) is 24.7. The predicted molar refractivity (Wildman–Crippen MR) is 156 cm³/mol. The van der Waals surface area contributed by atoms with Gasteiger partial charge in [-0.2, -0.15) is 0 Å². The van der Waals surface area contributed by atoms with Crippen molar-refractivity contribution in [3.63, 3.8) is 0 Å². The van der Waals surface area contributed by atoms with E-state index in [1.807, 2.05) is 12.3 Å². The van der Waals surface area contributed by atoms with Crippen LogP contribution in [0.15, 0.2) is 60.2 Å². The molecule has 0 bridgehead atoms. The number of H-pyrrole nitrogens is 1. The molecule has 13 heteroatoms. The number of hydrogen-bond acceptors (Lipinski definition) is 8. The summed E-state index contributed by atoms with van der Waals surface area (Å²) in [5, 5.41) is 14.8. The topological polar surface area (TPSA) is 151 Å². The van der Waals surface area contributed by atoms with E-state index < -0.39 is 33.5 Å².